The monoisotopic (exact) mass is 287 g/mol. The molecule has 3 atom stereocenters. The quantitative estimate of drug-likeness (QED) is 0.779. The highest BCUT2D eigenvalue weighted by molar-refractivity contribution is 5.72. The van der Waals surface area contributed by atoms with Crippen molar-refractivity contribution in [3.8, 4) is 0 Å². The summed E-state index contributed by atoms with van der Waals surface area (Å²) >= 11 is 0. The van der Waals surface area contributed by atoms with Crippen molar-refractivity contribution in [1.29, 1.82) is 0 Å². The molecule has 0 amide bonds. The molecular formula is C18H25NO2. The first-order valence-electron chi connectivity index (χ1n) is 8.15. The van der Waals surface area contributed by atoms with Crippen LogP contribution in [0.5, 0.6) is 0 Å². The molecule has 0 spiro atoms. The largest absolute Gasteiger partial charge is 0.461 e. The lowest BCUT2D eigenvalue weighted by Gasteiger charge is -2.20. The minimum Gasteiger partial charge on any atom is -0.461 e. The van der Waals surface area contributed by atoms with Crippen LogP contribution in [-0.2, 0) is 16.1 Å². The Balaban J connectivity index is 1.42. The van der Waals surface area contributed by atoms with Gasteiger partial charge in [0.25, 0.3) is 0 Å². The number of esters is 1. The van der Waals surface area contributed by atoms with E-state index >= 15 is 0 Å². The smallest absolute Gasteiger partial charge is 0.310 e. The van der Waals surface area contributed by atoms with Gasteiger partial charge in [0.2, 0.25) is 0 Å². The molecule has 2 fully saturated rings. The van der Waals surface area contributed by atoms with Gasteiger partial charge in [-0.3, -0.25) is 4.79 Å². The normalized spacial score (nSPS) is 26.5. The van der Waals surface area contributed by atoms with Crippen LogP contribution in [-0.4, -0.2) is 30.5 Å². The van der Waals surface area contributed by atoms with E-state index in [-0.39, 0.29) is 11.9 Å². The first-order chi connectivity index (χ1) is 10.2. The van der Waals surface area contributed by atoms with E-state index in [0.717, 1.165) is 23.9 Å². The lowest BCUT2D eigenvalue weighted by molar-refractivity contribution is -0.149. The molecule has 1 aliphatic heterocycles. The molecule has 3 rings (SSSR count). The molecule has 0 N–H and O–H groups in total. The van der Waals surface area contributed by atoms with Gasteiger partial charge < -0.3 is 9.64 Å². The van der Waals surface area contributed by atoms with E-state index in [2.05, 4.69) is 4.90 Å². The van der Waals surface area contributed by atoms with Crippen LogP contribution < -0.4 is 0 Å². The van der Waals surface area contributed by atoms with Crippen LogP contribution >= 0.6 is 0 Å². The molecule has 0 bridgehead atoms. The third-order valence-electron chi connectivity index (χ3n) is 4.96. The number of carbonyl (C=O) groups is 1. The van der Waals surface area contributed by atoms with Gasteiger partial charge >= 0.3 is 5.97 Å². The summed E-state index contributed by atoms with van der Waals surface area (Å²) in [6.07, 6.45) is 4.17. The van der Waals surface area contributed by atoms with Crippen molar-refractivity contribution >= 4 is 5.97 Å². The average molecular weight is 287 g/mol. The van der Waals surface area contributed by atoms with Gasteiger partial charge in [-0.05, 0) is 30.2 Å². The average Bonchev–Trinajstić information content (AvgIpc) is 3.07. The van der Waals surface area contributed by atoms with Gasteiger partial charge in [0.1, 0.15) is 6.61 Å². The molecular weight excluding hydrogens is 262 g/mol. The van der Waals surface area contributed by atoms with E-state index in [1.54, 1.807) is 0 Å². The Kier molecular flexibility index (Phi) is 4.59. The summed E-state index contributed by atoms with van der Waals surface area (Å²) in [7, 11) is 0. The zero-order valence-corrected chi connectivity index (χ0v) is 12.8. The van der Waals surface area contributed by atoms with Crippen molar-refractivity contribution < 1.29 is 9.53 Å². The Bertz CT molecular complexity index is 461. The number of rotatable bonds is 5. The van der Waals surface area contributed by atoms with Crippen molar-refractivity contribution in [1.82, 2.24) is 4.90 Å². The Morgan fingerprint density at radius 1 is 1.24 bits per heavy atom. The fraction of sp³-hybridized carbons (Fsp3) is 0.611. The Morgan fingerprint density at radius 3 is 2.57 bits per heavy atom. The molecule has 21 heavy (non-hydrogen) atoms. The fourth-order valence-electron chi connectivity index (χ4n) is 3.81. The highest BCUT2D eigenvalue weighted by atomic mass is 16.5. The summed E-state index contributed by atoms with van der Waals surface area (Å²) in [5.74, 6) is 1.67. The minimum absolute atomic E-state index is 0.0347. The zero-order chi connectivity index (χ0) is 14.7. The van der Waals surface area contributed by atoms with Crippen LogP contribution in [0.25, 0.3) is 0 Å². The summed E-state index contributed by atoms with van der Waals surface area (Å²) in [6.45, 7) is 5.58. The van der Waals surface area contributed by atoms with Crippen molar-refractivity contribution in [3.05, 3.63) is 35.9 Å². The van der Waals surface area contributed by atoms with Gasteiger partial charge in [0.05, 0.1) is 5.92 Å². The highest BCUT2D eigenvalue weighted by Gasteiger charge is 2.36. The summed E-state index contributed by atoms with van der Waals surface area (Å²) in [4.78, 5) is 14.6. The van der Waals surface area contributed by atoms with Crippen LogP contribution in [0.2, 0.25) is 0 Å². The number of likely N-dealkylation sites (tertiary alicyclic amines) is 1. The molecule has 0 aromatic heterocycles. The maximum atomic E-state index is 12.1. The van der Waals surface area contributed by atoms with Gasteiger partial charge in [0.15, 0.2) is 0 Å². The predicted molar refractivity (Wildman–Crippen MR) is 82.7 cm³/mol. The lowest BCUT2D eigenvalue weighted by Crippen LogP contribution is -2.31. The second kappa shape index (κ2) is 6.61. The minimum atomic E-state index is -0.0732. The molecule has 1 aromatic rings. The lowest BCUT2D eigenvalue weighted by atomic mass is 10.0. The maximum absolute atomic E-state index is 12.1. The summed E-state index contributed by atoms with van der Waals surface area (Å²) < 4.78 is 5.43. The zero-order valence-electron chi connectivity index (χ0n) is 12.8. The Hall–Kier alpha value is -1.35. The number of hydrogen-bond donors (Lipinski definition) is 0. The number of ether oxygens (including phenoxy) is 1. The van der Waals surface area contributed by atoms with E-state index in [1.807, 2.05) is 37.3 Å². The first kappa shape index (κ1) is 14.6. The van der Waals surface area contributed by atoms with Crippen molar-refractivity contribution in [2.75, 3.05) is 19.6 Å². The number of fused-ring (bicyclic) bond motifs is 1. The van der Waals surface area contributed by atoms with Crippen LogP contribution in [0, 0.1) is 17.8 Å². The molecule has 0 radical (unpaired) electrons. The van der Waals surface area contributed by atoms with Crippen molar-refractivity contribution in [3.63, 3.8) is 0 Å². The summed E-state index contributed by atoms with van der Waals surface area (Å²) in [6, 6.07) is 9.88. The Morgan fingerprint density at radius 2 is 1.90 bits per heavy atom. The molecule has 2 aliphatic rings. The summed E-state index contributed by atoms with van der Waals surface area (Å²) in [5.41, 5.74) is 1.05. The summed E-state index contributed by atoms with van der Waals surface area (Å²) in [5, 5.41) is 0. The van der Waals surface area contributed by atoms with E-state index in [4.69, 9.17) is 4.74 Å². The van der Waals surface area contributed by atoms with E-state index in [1.165, 1.54) is 32.4 Å². The van der Waals surface area contributed by atoms with E-state index in [0.29, 0.717) is 6.61 Å². The topological polar surface area (TPSA) is 29.5 Å². The van der Waals surface area contributed by atoms with E-state index in [9.17, 15) is 4.79 Å². The highest BCUT2D eigenvalue weighted by Crippen LogP contribution is 2.37. The van der Waals surface area contributed by atoms with Gasteiger partial charge in [-0.25, -0.2) is 0 Å². The molecule has 114 valence electrons. The standard InChI is InChI=1S/C18H25NO2/c1-14(10-19-11-16-8-5-9-17(16)12-19)18(20)21-13-15-6-3-2-4-7-15/h2-4,6-7,14,16-17H,5,8-13H2,1H3. The molecule has 3 nitrogen and oxygen atoms in total. The third kappa shape index (κ3) is 3.65. The second-order valence-electron chi connectivity index (χ2n) is 6.66. The first-order valence-corrected chi connectivity index (χ1v) is 8.15. The second-order valence-corrected chi connectivity index (χ2v) is 6.66. The van der Waals surface area contributed by atoms with Gasteiger partial charge in [-0.1, -0.05) is 43.7 Å². The number of nitrogens with zero attached hydrogens (tertiary/aromatic N) is 1. The van der Waals surface area contributed by atoms with Crippen LogP contribution in [0.4, 0.5) is 0 Å². The third-order valence-corrected chi connectivity index (χ3v) is 4.96. The predicted octanol–water partition coefficient (Wildman–Crippen LogP) is 3.10. The van der Waals surface area contributed by atoms with Crippen LogP contribution in [0.1, 0.15) is 31.7 Å². The SMILES string of the molecule is CC(CN1CC2CCCC2C1)C(=O)OCc1ccccc1. The fourth-order valence-corrected chi connectivity index (χ4v) is 3.81. The molecule has 3 unspecified atom stereocenters. The van der Waals surface area contributed by atoms with Crippen molar-refractivity contribution in [2.45, 2.75) is 32.8 Å². The van der Waals surface area contributed by atoms with Crippen LogP contribution in [0.15, 0.2) is 30.3 Å². The number of hydrogen-bond acceptors (Lipinski definition) is 3. The Labute approximate surface area is 127 Å². The van der Waals surface area contributed by atoms with Crippen LogP contribution in [0.3, 0.4) is 0 Å². The van der Waals surface area contributed by atoms with Gasteiger partial charge in [-0.2, -0.15) is 0 Å². The van der Waals surface area contributed by atoms with Gasteiger partial charge in [-0.15, -0.1) is 0 Å². The molecule has 1 aromatic carbocycles. The molecule has 1 heterocycles. The number of carbonyl (C=O) groups excluding carboxylic acids is 1. The maximum Gasteiger partial charge on any atom is 0.310 e. The molecule has 1 saturated heterocycles. The molecule has 3 heteroatoms. The molecule has 1 aliphatic carbocycles. The molecule has 1 saturated carbocycles. The van der Waals surface area contributed by atoms with Crippen molar-refractivity contribution in [2.24, 2.45) is 17.8 Å². The van der Waals surface area contributed by atoms with Gasteiger partial charge in [0, 0.05) is 19.6 Å². The number of benzene rings is 1. The van der Waals surface area contributed by atoms with E-state index < -0.39 is 0 Å².